The summed E-state index contributed by atoms with van der Waals surface area (Å²) in [5.41, 5.74) is 0.732. The molecule has 0 bridgehead atoms. The summed E-state index contributed by atoms with van der Waals surface area (Å²) in [5.74, 6) is 0.170. The number of benzene rings is 1. The number of ketones is 1. The second-order valence-corrected chi connectivity index (χ2v) is 5.53. The van der Waals surface area contributed by atoms with Crippen molar-refractivity contribution >= 4 is 16.6 Å². The lowest BCUT2D eigenvalue weighted by Crippen LogP contribution is -2.53. The van der Waals surface area contributed by atoms with E-state index < -0.39 is 0 Å². The largest absolute Gasteiger partial charge is 0.303 e. The third kappa shape index (κ3) is 2.32. The van der Waals surface area contributed by atoms with Crippen molar-refractivity contribution in [1.29, 1.82) is 0 Å². The van der Waals surface area contributed by atoms with Crippen LogP contribution in [0.3, 0.4) is 0 Å². The Labute approximate surface area is 119 Å². The van der Waals surface area contributed by atoms with Crippen LogP contribution in [0.2, 0.25) is 0 Å². The van der Waals surface area contributed by atoms with Gasteiger partial charge in [0.05, 0.1) is 6.04 Å². The van der Waals surface area contributed by atoms with Crippen LogP contribution in [0.25, 0.3) is 10.8 Å². The van der Waals surface area contributed by atoms with E-state index in [0.717, 1.165) is 36.0 Å². The van der Waals surface area contributed by atoms with Gasteiger partial charge in [-0.05, 0) is 19.5 Å². The summed E-state index contributed by atoms with van der Waals surface area (Å²) in [6, 6.07) is 7.85. The zero-order valence-corrected chi connectivity index (χ0v) is 11.9. The highest BCUT2D eigenvalue weighted by Crippen LogP contribution is 2.20. The highest BCUT2D eigenvalue weighted by Gasteiger charge is 2.30. The smallest absolute Gasteiger partial charge is 0.183 e. The average Bonchev–Trinajstić information content (AvgIpc) is 2.48. The zero-order valence-electron chi connectivity index (χ0n) is 11.9. The van der Waals surface area contributed by atoms with Gasteiger partial charge in [-0.25, -0.2) is 0 Å². The van der Waals surface area contributed by atoms with E-state index in [0.29, 0.717) is 0 Å². The van der Waals surface area contributed by atoms with Crippen molar-refractivity contribution in [3.8, 4) is 0 Å². The van der Waals surface area contributed by atoms with E-state index >= 15 is 0 Å². The molecule has 1 atom stereocenters. The van der Waals surface area contributed by atoms with Crippen LogP contribution in [0, 0.1) is 0 Å². The molecule has 1 unspecified atom stereocenters. The molecule has 20 heavy (non-hydrogen) atoms. The average molecular weight is 269 g/mol. The molecule has 0 saturated carbocycles. The summed E-state index contributed by atoms with van der Waals surface area (Å²) >= 11 is 0. The van der Waals surface area contributed by atoms with Gasteiger partial charge < -0.3 is 4.90 Å². The Balaban J connectivity index is 2.00. The number of likely N-dealkylation sites (N-methyl/N-ethyl adjacent to an activating group) is 2. The number of piperazine rings is 1. The highest BCUT2D eigenvalue weighted by atomic mass is 16.1. The van der Waals surface area contributed by atoms with Crippen LogP contribution in [-0.2, 0) is 0 Å². The number of nitrogens with zero attached hydrogens (tertiary/aromatic N) is 3. The van der Waals surface area contributed by atoms with Gasteiger partial charge in [-0.1, -0.05) is 24.3 Å². The van der Waals surface area contributed by atoms with Crippen molar-refractivity contribution in [3.63, 3.8) is 0 Å². The van der Waals surface area contributed by atoms with Crippen LogP contribution in [-0.4, -0.2) is 60.3 Å². The van der Waals surface area contributed by atoms with Crippen LogP contribution in [0.15, 0.2) is 36.7 Å². The molecule has 1 aliphatic heterocycles. The van der Waals surface area contributed by atoms with Gasteiger partial charge in [0.15, 0.2) is 5.78 Å². The summed E-state index contributed by atoms with van der Waals surface area (Å²) in [5, 5.41) is 2.01. The number of hydrogen-bond acceptors (Lipinski definition) is 4. The van der Waals surface area contributed by atoms with E-state index in [1.165, 1.54) is 0 Å². The van der Waals surface area contributed by atoms with Gasteiger partial charge in [0.2, 0.25) is 0 Å². The molecule has 1 aromatic heterocycles. The highest BCUT2D eigenvalue weighted by molar-refractivity contribution is 6.10. The van der Waals surface area contributed by atoms with Crippen molar-refractivity contribution in [3.05, 3.63) is 42.2 Å². The van der Waals surface area contributed by atoms with Crippen molar-refractivity contribution in [2.45, 2.75) is 6.04 Å². The van der Waals surface area contributed by atoms with Crippen LogP contribution in [0.1, 0.15) is 10.4 Å². The van der Waals surface area contributed by atoms with E-state index in [1.54, 1.807) is 6.20 Å². The maximum atomic E-state index is 12.9. The first-order valence-electron chi connectivity index (χ1n) is 6.92. The molecule has 0 amide bonds. The van der Waals surface area contributed by atoms with Crippen LogP contribution >= 0.6 is 0 Å². The first kappa shape index (κ1) is 13.2. The number of hydrogen-bond donors (Lipinski definition) is 0. The number of pyridine rings is 1. The normalized spacial score (nSPS) is 21.2. The fourth-order valence-electron chi connectivity index (χ4n) is 2.79. The van der Waals surface area contributed by atoms with Crippen LogP contribution in [0.5, 0.6) is 0 Å². The maximum Gasteiger partial charge on any atom is 0.183 e. The molecule has 0 N–H and O–H groups in total. The Kier molecular flexibility index (Phi) is 3.51. The fraction of sp³-hybridized carbons (Fsp3) is 0.375. The number of carbonyl (C=O) groups is 1. The Hall–Kier alpha value is -1.78. The molecule has 2 aromatic rings. The van der Waals surface area contributed by atoms with Gasteiger partial charge in [-0.2, -0.15) is 0 Å². The molecular formula is C16H19N3O. The van der Waals surface area contributed by atoms with Gasteiger partial charge >= 0.3 is 0 Å². The molecule has 1 aromatic carbocycles. The molecule has 3 rings (SSSR count). The fourth-order valence-corrected chi connectivity index (χ4v) is 2.79. The molecule has 4 heteroatoms. The third-order valence-corrected chi connectivity index (χ3v) is 4.09. The van der Waals surface area contributed by atoms with Crippen molar-refractivity contribution < 1.29 is 4.79 Å². The van der Waals surface area contributed by atoms with Crippen LogP contribution < -0.4 is 0 Å². The van der Waals surface area contributed by atoms with E-state index in [4.69, 9.17) is 0 Å². The summed E-state index contributed by atoms with van der Waals surface area (Å²) in [4.78, 5) is 21.4. The summed E-state index contributed by atoms with van der Waals surface area (Å²) in [6.45, 7) is 2.71. The molecule has 4 nitrogen and oxygen atoms in total. The summed E-state index contributed by atoms with van der Waals surface area (Å²) in [6.07, 6.45) is 3.51. The number of carbonyl (C=O) groups excluding carboxylic acids is 1. The Morgan fingerprint density at radius 1 is 1.20 bits per heavy atom. The van der Waals surface area contributed by atoms with Crippen molar-refractivity contribution in [1.82, 2.24) is 14.8 Å². The van der Waals surface area contributed by atoms with Crippen LogP contribution in [0.4, 0.5) is 0 Å². The number of rotatable bonds is 2. The lowest BCUT2D eigenvalue weighted by Gasteiger charge is -2.36. The molecule has 0 radical (unpaired) electrons. The van der Waals surface area contributed by atoms with Gasteiger partial charge in [-0.3, -0.25) is 14.7 Å². The summed E-state index contributed by atoms with van der Waals surface area (Å²) in [7, 11) is 4.09. The molecule has 104 valence electrons. The molecular weight excluding hydrogens is 250 g/mol. The zero-order chi connectivity index (χ0) is 14.1. The second-order valence-electron chi connectivity index (χ2n) is 5.53. The Bertz CT molecular complexity index is 635. The van der Waals surface area contributed by atoms with Gasteiger partial charge in [-0.15, -0.1) is 0 Å². The van der Waals surface area contributed by atoms with Gasteiger partial charge in [0, 0.05) is 43.0 Å². The van der Waals surface area contributed by atoms with E-state index in [9.17, 15) is 4.79 Å². The minimum atomic E-state index is -0.0821. The lowest BCUT2D eigenvalue weighted by molar-refractivity contribution is 0.0687. The molecule has 0 aliphatic carbocycles. The third-order valence-electron chi connectivity index (χ3n) is 4.09. The van der Waals surface area contributed by atoms with E-state index in [1.807, 2.05) is 37.5 Å². The van der Waals surface area contributed by atoms with E-state index in [2.05, 4.69) is 21.8 Å². The Morgan fingerprint density at radius 2 is 2.00 bits per heavy atom. The molecule has 1 fully saturated rings. The first-order chi connectivity index (χ1) is 9.66. The van der Waals surface area contributed by atoms with Crippen molar-refractivity contribution in [2.75, 3.05) is 33.7 Å². The standard InChI is InChI=1S/C16H19N3O/c1-18-7-8-19(2)15(11-18)16(20)14-10-17-9-12-5-3-4-6-13(12)14/h3-6,9-10,15H,7-8,11H2,1-2H3. The SMILES string of the molecule is CN1CCN(C)C(C(=O)c2cncc3ccccc23)C1. The minimum Gasteiger partial charge on any atom is -0.303 e. The predicted octanol–water partition coefficient (Wildman–Crippen LogP) is 1.66. The number of Topliss-reactive ketones (excluding diaryl/α,β-unsaturated/α-hetero) is 1. The molecule has 2 heterocycles. The van der Waals surface area contributed by atoms with Gasteiger partial charge in [0.1, 0.15) is 0 Å². The Morgan fingerprint density at radius 3 is 2.85 bits per heavy atom. The van der Waals surface area contributed by atoms with E-state index in [-0.39, 0.29) is 11.8 Å². The summed E-state index contributed by atoms with van der Waals surface area (Å²) < 4.78 is 0. The second kappa shape index (κ2) is 5.31. The van der Waals surface area contributed by atoms with Crippen molar-refractivity contribution in [2.24, 2.45) is 0 Å². The number of fused-ring (bicyclic) bond motifs is 1. The van der Waals surface area contributed by atoms with Gasteiger partial charge in [0.25, 0.3) is 0 Å². The molecule has 1 saturated heterocycles. The number of aromatic nitrogens is 1. The maximum absolute atomic E-state index is 12.9. The quantitative estimate of drug-likeness (QED) is 0.777. The molecule has 0 spiro atoms. The molecule has 1 aliphatic rings. The minimum absolute atomic E-state index is 0.0821. The predicted molar refractivity (Wildman–Crippen MR) is 80.0 cm³/mol. The monoisotopic (exact) mass is 269 g/mol. The first-order valence-corrected chi connectivity index (χ1v) is 6.92. The topological polar surface area (TPSA) is 36.4 Å². The lowest BCUT2D eigenvalue weighted by atomic mass is 9.98.